The van der Waals surface area contributed by atoms with Gasteiger partial charge >= 0.3 is 5.65 Å². The molecule has 1 aliphatic carbocycles. The number of aromatic amines is 2. The fourth-order valence-electron chi connectivity index (χ4n) is 3.01. The molecule has 0 unspecified atom stereocenters. The van der Waals surface area contributed by atoms with E-state index in [1.165, 1.54) is 12.8 Å². The van der Waals surface area contributed by atoms with Gasteiger partial charge in [-0.25, -0.2) is 4.98 Å². The van der Waals surface area contributed by atoms with Crippen molar-refractivity contribution in [1.29, 1.82) is 0 Å². The van der Waals surface area contributed by atoms with Crippen LogP contribution in [0.1, 0.15) is 12.8 Å². The summed E-state index contributed by atoms with van der Waals surface area (Å²) in [6, 6.07) is 8.04. The molecule has 1 aliphatic rings. The minimum atomic E-state index is 0.469. The monoisotopic (exact) mass is 339 g/mol. The van der Waals surface area contributed by atoms with E-state index in [0.717, 1.165) is 46.0 Å². The third-order valence-electron chi connectivity index (χ3n) is 4.51. The highest BCUT2D eigenvalue weighted by Gasteiger charge is 2.24. The number of halogens is 1. The zero-order valence-electron chi connectivity index (χ0n) is 12.9. The van der Waals surface area contributed by atoms with Gasteiger partial charge in [0.1, 0.15) is 11.9 Å². The molecule has 0 bridgehead atoms. The van der Waals surface area contributed by atoms with Crippen molar-refractivity contribution in [2.75, 3.05) is 11.9 Å². The highest BCUT2D eigenvalue weighted by Crippen LogP contribution is 2.30. The van der Waals surface area contributed by atoms with Crippen LogP contribution >= 0.6 is 11.6 Å². The average Bonchev–Trinajstić information content (AvgIpc) is 3.13. The lowest BCUT2D eigenvalue weighted by Gasteiger charge is -2.04. The van der Waals surface area contributed by atoms with E-state index in [9.17, 15) is 0 Å². The second kappa shape index (κ2) is 5.21. The first kappa shape index (κ1) is 13.8. The van der Waals surface area contributed by atoms with Crippen LogP contribution in [0, 0.1) is 5.92 Å². The molecule has 7 heteroatoms. The van der Waals surface area contributed by atoms with Crippen LogP contribution in [-0.2, 0) is 0 Å². The molecule has 120 valence electrons. The highest BCUT2D eigenvalue weighted by atomic mass is 35.5. The van der Waals surface area contributed by atoms with Crippen LogP contribution in [0.4, 0.5) is 5.69 Å². The Hall–Kier alpha value is -2.60. The molecule has 0 amide bonds. The summed E-state index contributed by atoms with van der Waals surface area (Å²) in [6.07, 6.45) is 6.40. The van der Waals surface area contributed by atoms with Gasteiger partial charge in [0.15, 0.2) is 5.15 Å². The van der Waals surface area contributed by atoms with Crippen molar-refractivity contribution >= 4 is 33.8 Å². The molecular formula is C17H16ClN6+. The second-order valence-electron chi connectivity index (χ2n) is 6.31. The normalized spacial score (nSPS) is 14.5. The van der Waals surface area contributed by atoms with E-state index >= 15 is 0 Å². The first-order valence-corrected chi connectivity index (χ1v) is 8.43. The van der Waals surface area contributed by atoms with Crippen LogP contribution in [0.15, 0.2) is 36.7 Å². The van der Waals surface area contributed by atoms with Crippen LogP contribution in [0.5, 0.6) is 0 Å². The number of H-pyrrole nitrogens is 2. The minimum Gasteiger partial charge on any atom is -0.378 e. The van der Waals surface area contributed by atoms with Crippen LogP contribution < -0.4 is 10.3 Å². The Labute approximate surface area is 142 Å². The molecule has 3 aromatic heterocycles. The van der Waals surface area contributed by atoms with Crippen LogP contribution in [-0.4, -0.2) is 26.4 Å². The maximum atomic E-state index is 6.25. The summed E-state index contributed by atoms with van der Waals surface area (Å²) in [5.74, 6) is 0.787. The number of fused-ring (bicyclic) bond motifs is 2. The number of nitrogens with zero attached hydrogens (tertiary/aromatic N) is 3. The lowest BCUT2D eigenvalue weighted by molar-refractivity contribution is -0.343. The Morgan fingerprint density at radius 1 is 1.33 bits per heavy atom. The van der Waals surface area contributed by atoms with E-state index in [2.05, 4.69) is 37.7 Å². The van der Waals surface area contributed by atoms with Gasteiger partial charge in [0, 0.05) is 23.6 Å². The lowest BCUT2D eigenvalue weighted by Crippen LogP contribution is -2.10. The number of imidazole rings is 1. The standard InChI is InChI=1S/C17H15ClN6/c18-16-6-14(19-7-10-1-2-10)17-20-9-15(24(17)23-16)11-3-4-13-12(5-11)8-21-22-13/h3-6,8-10,19H,1-2,7H2,(H,21,22)/p+1. The molecule has 4 aromatic rings. The minimum absolute atomic E-state index is 0.469. The number of aromatic nitrogens is 5. The third-order valence-corrected chi connectivity index (χ3v) is 4.70. The molecule has 0 spiro atoms. The van der Waals surface area contributed by atoms with E-state index < -0.39 is 0 Å². The van der Waals surface area contributed by atoms with Crippen molar-refractivity contribution in [2.45, 2.75) is 12.8 Å². The zero-order valence-corrected chi connectivity index (χ0v) is 13.6. The van der Waals surface area contributed by atoms with Crippen LogP contribution in [0.3, 0.4) is 0 Å². The van der Waals surface area contributed by atoms with Crippen molar-refractivity contribution < 1.29 is 4.98 Å². The number of hydrogen-bond donors (Lipinski definition) is 2. The van der Waals surface area contributed by atoms with E-state index in [1.807, 2.05) is 29.0 Å². The molecule has 1 saturated carbocycles. The van der Waals surface area contributed by atoms with Crippen LogP contribution in [0.2, 0.25) is 5.15 Å². The molecule has 0 radical (unpaired) electrons. The lowest BCUT2D eigenvalue weighted by atomic mass is 10.1. The van der Waals surface area contributed by atoms with E-state index in [1.54, 1.807) is 0 Å². The Morgan fingerprint density at radius 3 is 3.12 bits per heavy atom. The first-order valence-electron chi connectivity index (χ1n) is 8.05. The van der Waals surface area contributed by atoms with Gasteiger partial charge in [0.25, 0.3) is 0 Å². The maximum absolute atomic E-state index is 6.25. The molecule has 24 heavy (non-hydrogen) atoms. The predicted molar refractivity (Wildman–Crippen MR) is 93.1 cm³/mol. The fraction of sp³-hybridized carbons (Fsp3) is 0.235. The van der Waals surface area contributed by atoms with Crippen molar-refractivity contribution in [1.82, 2.24) is 19.8 Å². The van der Waals surface area contributed by atoms with Gasteiger partial charge in [0.2, 0.25) is 5.69 Å². The summed E-state index contributed by atoms with van der Waals surface area (Å²) >= 11 is 6.25. The van der Waals surface area contributed by atoms with Crippen molar-refractivity contribution in [2.24, 2.45) is 5.92 Å². The van der Waals surface area contributed by atoms with E-state index in [-0.39, 0.29) is 0 Å². The number of benzene rings is 1. The quantitative estimate of drug-likeness (QED) is 0.600. The molecule has 0 saturated heterocycles. The zero-order chi connectivity index (χ0) is 16.1. The summed E-state index contributed by atoms with van der Waals surface area (Å²) < 4.78 is 1.86. The predicted octanol–water partition coefficient (Wildman–Crippen LogP) is 3.17. The Balaban J connectivity index is 1.62. The maximum Gasteiger partial charge on any atom is 0.329 e. The first-order chi connectivity index (χ1) is 11.8. The molecule has 0 aliphatic heterocycles. The van der Waals surface area contributed by atoms with Crippen LogP contribution in [0.25, 0.3) is 27.8 Å². The van der Waals surface area contributed by atoms with Gasteiger partial charge in [-0.1, -0.05) is 21.2 Å². The van der Waals surface area contributed by atoms with Crippen molar-refractivity contribution in [3.8, 4) is 11.3 Å². The third kappa shape index (κ3) is 2.30. The fourth-order valence-corrected chi connectivity index (χ4v) is 3.19. The summed E-state index contributed by atoms with van der Waals surface area (Å²) in [7, 11) is 0. The second-order valence-corrected chi connectivity index (χ2v) is 6.70. The molecule has 3 heterocycles. The van der Waals surface area contributed by atoms with Gasteiger partial charge in [-0.2, -0.15) is 5.10 Å². The molecular weight excluding hydrogens is 324 g/mol. The Bertz CT molecular complexity index is 1050. The molecule has 5 rings (SSSR count). The summed E-state index contributed by atoms with van der Waals surface area (Å²) in [6.45, 7) is 0.978. The van der Waals surface area contributed by atoms with Gasteiger partial charge in [-0.3, -0.25) is 5.10 Å². The van der Waals surface area contributed by atoms with Crippen molar-refractivity contribution in [3.63, 3.8) is 0 Å². The Morgan fingerprint density at radius 2 is 2.25 bits per heavy atom. The SMILES string of the molecule is Clc1cc(NCC2CC2)c2[nH+]cc(-c3ccc4[nH]ncc4c3)n2n1. The van der Waals surface area contributed by atoms with Gasteiger partial charge in [-0.15, -0.1) is 0 Å². The summed E-state index contributed by atoms with van der Waals surface area (Å²) in [5, 5.41) is 16.5. The highest BCUT2D eigenvalue weighted by molar-refractivity contribution is 6.29. The summed E-state index contributed by atoms with van der Waals surface area (Å²) in [4.78, 5) is 3.32. The average molecular weight is 340 g/mol. The number of hydrogen-bond acceptors (Lipinski definition) is 3. The van der Waals surface area contributed by atoms with Gasteiger partial charge in [-0.05, 0) is 37.0 Å². The molecule has 3 N–H and O–H groups in total. The molecule has 1 aromatic carbocycles. The topological polar surface area (TPSA) is 72.2 Å². The molecule has 6 nitrogen and oxygen atoms in total. The van der Waals surface area contributed by atoms with Gasteiger partial charge in [0.05, 0.1) is 11.7 Å². The Kier molecular flexibility index (Phi) is 2.99. The van der Waals surface area contributed by atoms with E-state index in [0.29, 0.717) is 5.15 Å². The molecule has 1 fully saturated rings. The number of rotatable bonds is 4. The van der Waals surface area contributed by atoms with Gasteiger partial charge < -0.3 is 5.32 Å². The number of nitrogens with one attached hydrogen (secondary N) is 3. The largest absolute Gasteiger partial charge is 0.378 e. The summed E-state index contributed by atoms with van der Waals surface area (Å²) in [5.41, 5.74) is 4.94. The number of anilines is 1. The smallest absolute Gasteiger partial charge is 0.329 e. The van der Waals surface area contributed by atoms with Crippen molar-refractivity contribution in [3.05, 3.63) is 41.8 Å². The molecule has 0 atom stereocenters. The van der Waals surface area contributed by atoms with E-state index in [4.69, 9.17) is 11.6 Å².